The molecular weight excluding hydrogens is 635 g/mol. The van der Waals surface area contributed by atoms with E-state index in [1.54, 1.807) is 0 Å². The lowest BCUT2D eigenvalue weighted by Gasteiger charge is -2.52. The number of amides is 3. The number of nitrogens with zero attached hydrogens (tertiary/aromatic N) is 5. The molecule has 1 spiro atoms. The van der Waals surface area contributed by atoms with Crippen molar-refractivity contribution in [3.8, 4) is 5.69 Å². The number of carbonyl (C=O) groups excluding carboxylic acids is 3. The molecule has 1 N–H and O–H groups in total. The van der Waals surface area contributed by atoms with Crippen molar-refractivity contribution in [3.05, 3.63) is 46.8 Å². The quantitative estimate of drug-likeness (QED) is 0.349. The van der Waals surface area contributed by atoms with E-state index in [1.807, 2.05) is 38.7 Å². The first-order valence-electron chi connectivity index (χ1n) is 17.6. The summed E-state index contributed by atoms with van der Waals surface area (Å²) in [5.41, 5.74) is 4.21. The van der Waals surface area contributed by atoms with Gasteiger partial charge < -0.3 is 15.1 Å². The Labute approximate surface area is 293 Å². The van der Waals surface area contributed by atoms with Crippen molar-refractivity contribution in [2.75, 3.05) is 32.7 Å². The SMILES string of the molecule is CCCCN1C(=O)[C@H](CC2CCCCC2)NC(=O)C12CCN(Cc1c(C)nn(-c3ccc(C(=O)N4CCCC4)cc3)c1C)CC2.Cl.Cl. The molecular formula is C36H54Cl2N6O3. The smallest absolute Gasteiger partial charge is 0.253 e. The first-order chi connectivity index (χ1) is 21.8. The molecule has 1 aromatic heterocycles. The molecule has 3 aliphatic heterocycles. The van der Waals surface area contributed by atoms with Gasteiger partial charge in [-0.05, 0) is 82.6 Å². The van der Waals surface area contributed by atoms with Gasteiger partial charge in [0.1, 0.15) is 11.6 Å². The summed E-state index contributed by atoms with van der Waals surface area (Å²) >= 11 is 0. The van der Waals surface area contributed by atoms with Crippen molar-refractivity contribution in [2.45, 2.75) is 116 Å². The van der Waals surface area contributed by atoms with E-state index < -0.39 is 5.54 Å². The zero-order valence-electron chi connectivity index (χ0n) is 28.5. The Hall–Kier alpha value is -2.62. The fraction of sp³-hybridized carbons (Fsp3) is 0.667. The van der Waals surface area contributed by atoms with E-state index in [-0.39, 0.29) is 48.6 Å². The predicted octanol–water partition coefficient (Wildman–Crippen LogP) is 6.00. The molecule has 0 bridgehead atoms. The molecule has 6 rings (SSSR count). The first-order valence-corrected chi connectivity index (χ1v) is 17.6. The largest absolute Gasteiger partial charge is 0.342 e. The Kier molecular flexibility index (Phi) is 12.8. The van der Waals surface area contributed by atoms with Crippen LogP contribution in [0, 0.1) is 19.8 Å². The molecule has 4 heterocycles. The fourth-order valence-electron chi connectivity index (χ4n) is 8.24. The number of halogens is 2. The van der Waals surface area contributed by atoms with Crippen LogP contribution in [0.1, 0.15) is 111 Å². The van der Waals surface area contributed by atoms with Gasteiger partial charge in [0.25, 0.3) is 5.91 Å². The number of aryl methyl sites for hydroxylation is 1. The Morgan fingerprint density at radius 2 is 1.60 bits per heavy atom. The highest BCUT2D eigenvalue weighted by Gasteiger charge is 2.53. The van der Waals surface area contributed by atoms with E-state index >= 15 is 0 Å². The molecule has 3 saturated heterocycles. The van der Waals surface area contributed by atoms with Gasteiger partial charge in [-0.2, -0.15) is 5.10 Å². The van der Waals surface area contributed by atoms with Gasteiger partial charge in [-0.1, -0.05) is 45.4 Å². The van der Waals surface area contributed by atoms with Crippen LogP contribution in [0.3, 0.4) is 0 Å². The van der Waals surface area contributed by atoms with Crippen molar-refractivity contribution in [1.82, 2.24) is 29.8 Å². The lowest BCUT2D eigenvalue weighted by Crippen LogP contribution is -2.73. The summed E-state index contributed by atoms with van der Waals surface area (Å²) in [4.78, 5) is 46.9. The number of aromatic nitrogens is 2. The van der Waals surface area contributed by atoms with Gasteiger partial charge >= 0.3 is 0 Å². The van der Waals surface area contributed by atoms with E-state index in [2.05, 4.69) is 31.0 Å². The normalized spacial score (nSPS) is 21.8. The van der Waals surface area contributed by atoms with Crippen LogP contribution in [0.2, 0.25) is 0 Å². The van der Waals surface area contributed by atoms with Gasteiger partial charge in [-0.25, -0.2) is 4.68 Å². The molecule has 4 aliphatic rings. The Balaban J connectivity index is 0.00000250. The van der Waals surface area contributed by atoms with Crippen LogP contribution in [-0.4, -0.2) is 86.5 Å². The summed E-state index contributed by atoms with van der Waals surface area (Å²) in [6.07, 6.45) is 12.3. The minimum absolute atomic E-state index is 0. The van der Waals surface area contributed by atoms with E-state index in [0.29, 0.717) is 25.3 Å². The molecule has 47 heavy (non-hydrogen) atoms. The molecule has 1 aliphatic carbocycles. The maximum Gasteiger partial charge on any atom is 0.253 e. The monoisotopic (exact) mass is 688 g/mol. The summed E-state index contributed by atoms with van der Waals surface area (Å²) in [5.74, 6) is 0.852. The van der Waals surface area contributed by atoms with E-state index in [0.717, 1.165) is 87.5 Å². The lowest BCUT2D eigenvalue weighted by molar-refractivity contribution is -0.162. The Bertz CT molecular complexity index is 1380. The van der Waals surface area contributed by atoms with Crippen molar-refractivity contribution in [3.63, 3.8) is 0 Å². The lowest BCUT2D eigenvalue weighted by atomic mass is 9.79. The topological polar surface area (TPSA) is 90.8 Å². The zero-order valence-corrected chi connectivity index (χ0v) is 30.1. The molecule has 4 fully saturated rings. The molecule has 0 radical (unpaired) electrons. The van der Waals surface area contributed by atoms with Gasteiger partial charge in [-0.15, -0.1) is 24.8 Å². The molecule has 1 aromatic carbocycles. The number of carbonyl (C=O) groups is 3. The summed E-state index contributed by atoms with van der Waals surface area (Å²) in [6, 6.07) is 7.43. The highest BCUT2D eigenvalue weighted by molar-refractivity contribution is 6.00. The number of hydrogen-bond donors (Lipinski definition) is 1. The van der Waals surface area contributed by atoms with Crippen LogP contribution < -0.4 is 5.32 Å². The number of unbranched alkanes of at least 4 members (excludes halogenated alkanes) is 1. The van der Waals surface area contributed by atoms with Crippen molar-refractivity contribution < 1.29 is 14.4 Å². The maximum atomic E-state index is 13.9. The maximum absolute atomic E-state index is 13.9. The minimum Gasteiger partial charge on any atom is -0.342 e. The summed E-state index contributed by atoms with van der Waals surface area (Å²) < 4.78 is 1.98. The van der Waals surface area contributed by atoms with Crippen molar-refractivity contribution >= 4 is 42.5 Å². The van der Waals surface area contributed by atoms with Gasteiger partial charge in [0.15, 0.2) is 0 Å². The van der Waals surface area contributed by atoms with Crippen LogP contribution in [0.5, 0.6) is 0 Å². The highest BCUT2D eigenvalue weighted by atomic mass is 35.5. The number of hydrogen-bond acceptors (Lipinski definition) is 5. The number of benzene rings is 1. The second-order valence-corrected chi connectivity index (χ2v) is 14.0. The predicted molar refractivity (Wildman–Crippen MR) is 190 cm³/mol. The highest BCUT2D eigenvalue weighted by Crippen LogP contribution is 2.36. The van der Waals surface area contributed by atoms with Crippen LogP contribution in [-0.2, 0) is 16.1 Å². The number of likely N-dealkylation sites (tertiary alicyclic amines) is 2. The fourth-order valence-corrected chi connectivity index (χ4v) is 8.24. The molecule has 11 heteroatoms. The molecule has 3 amide bonds. The molecule has 260 valence electrons. The summed E-state index contributed by atoms with van der Waals surface area (Å²) in [5, 5.41) is 8.11. The minimum atomic E-state index is -0.742. The summed E-state index contributed by atoms with van der Waals surface area (Å²) in [7, 11) is 0. The second kappa shape index (κ2) is 16.2. The van der Waals surface area contributed by atoms with Crippen molar-refractivity contribution in [1.29, 1.82) is 0 Å². The van der Waals surface area contributed by atoms with Gasteiger partial charge in [0.2, 0.25) is 11.8 Å². The average molecular weight is 690 g/mol. The number of nitrogens with one attached hydrogen (secondary N) is 1. The van der Waals surface area contributed by atoms with E-state index in [9.17, 15) is 14.4 Å². The molecule has 0 unspecified atom stereocenters. The molecule has 1 saturated carbocycles. The molecule has 9 nitrogen and oxygen atoms in total. The first kappa shape index (κ1) is 37.2. The zero-order chi connectivity index (χ0) is 31.6. The number of rotatable bonds is 9. The summed E-state index contributed by atoms with van der Waals surface area (Å²) in [6.45, 7) is 10.9. The third kappa shape index (κ3) is 7.67. The third-order valence-corrected chi connectivity index (χ3v) is 11.1. The van der Waals surface area contributed by atoms with Crippen LogP contribution in [0.15, 0.2) is 24.3 Å². The van der Waals surface area contributed by atoms with E-state index in [1.165, 1.54) is 37.7 Å². The number of piperazine rings is 1. The van der Waals surface area contributed by atoms with Crippen molar-refractivity contribution in [2.24, 2.45) is 5.92 Å². The Morgan fingerprint density at radius 1 is 0.936 bits per heavy atom. The van der Waals surface area contributed by atoms with Gasteiger partial charge in [0.05, 0.1) is 11.4 Å². The Morgan fingerprint density at radius 3 is 2.23 bits per heavy atom. The van der Waals surface area contributed by atoms with Gasteiger partial charge in [-0.3, -0.25) is 19.3 Å². The average Bonchev–Trinajstić information content (AvgIpc) is 3.70. The van der Waals surface area contributed by atoms with Crippen LogP contribution in [0.4, 0.5) is 0 Å². The molecule has 2 aromatic rings. The van der Waals surface area contributed by atoms with Crippen LogP contribution >= 0.6 is 24.8 Å². The molecule has 1 atom stereocenters. The van der Waals surface area contributed by atoms with Gasteiger partial charge in [0, 0.05) is 56.1 Å². The van der Waals surface area contributed by atoms with Crippen LogP contribution in [0.25, 0.3) is 5.69 Å². The standard InChI is InChI=1S/C36H52N6O3.2ClH/c1-4-5-21-41-34(44)32(24-28-11-7-6-8-12-28)37-35(45)36(41)17-22-39(23-18-36)25-31-26(2)38-42(27(31)3)30-15-13-29(14-16-30)33(43)40-19-9-10-20-40;;/h13-16,28,32H,4-12,17-25H2,1-3H3,(H,37,45);2*1H/t32-;;/m0../s1. The third-order valence-electron chi connectivity index (χ3n) is 11.1. The number of piperidine rings is 1. The van der Waals surface area contributed by atoms with E-state index in [4.69, 9.17) is 5.10 Å². The second-order valence-electron chi connectivity index (χ2n) is 14.0.